The third kappa shape index (κ3) is 3.03. The minimum Gasteiger partial charge on any atom is -0.356 e. The lowest BCUT2D eigenvalue weighted by atomic mass is 9.78. The fourth-order valence-electron chi connectivity index (χ4n) is 3.40. The van der Waals surface area contributed by atoms with Crippen molar-refractivity contribution in [3.63, 3.8) is 0 Å². The molecule has 0 saturated carbocycles. The maximum Gasteiger partial charge on any atom is 0.220 e. The average Bonchev–Trinajstić information content (AvgIpc) is 2.83. The molecule has 1 aromatic rings. The van der Waals surface area contributed by atoms with Gasteiger partial charge >= 0.3 is 0 Å². The number of hydrogen-bond acceptors (Lipinski definition) is 3. The molecule has 5 nitrogen and oxygen atoms in total. The van der Waals surface area contributed by atoms with Crippen molar-refractivity contribution in [3.05, 3.63) is 35.4 Å². The van der Waals surface area contributed by atoms with Gasteiger partial charge in [-0.05, 0) is 36.3 Å². The second-order valence-corrected chi connectivity index (χ2v) is 8.50. The average molecular weight is 322 g/mol. The summed E-state index contributed by atoms with van der Waals surface area (Å²) in [7, 11) is -3.29. The number of nitrogens with zero attached hydrogens (tertiary/aromatic N) is 1. The summed E-state index contributed by atoms with van der Waals surface area (Å²) in [4.78, 5) is 11.4. The van der Waals surface area contributed by atoms with Crippen molar-refractivity contribution in [1.29, 1.82) is 0 Å². The van der Waals surface area contributed by atoms with Gasteiger partial charge in [0.25, 0.3) is 0 Å². The van der Waals surface area contributed by atoms with Crippen LogP contribution < -0.4 is 5.32 Å². The number of sulfonamides is 1. The van der Waals surface area contributed by atoms with E-state index in [0.29, 0.717) is 26.1 Å². The molecule has 2 saturated heterocycles. The predicted octanol–water partition coefficient (Wildman–Crippen LogP) is 1.43. The van der Waals surface area contributed by atoms with E-state index >= 15 is 0 Å². The highest BCUT2D eigenvalue weighted by Crippen LogP contribution is 2.38. The molecule has 2 fully saturated rings. The second kappa shape index (κ2) is 5.66. The molecule has 6 heteroatoms. The molecule has 3 rings (SSSR count). The molecule has 2 aliphatic rings. The van der Waals surface area contributed by atoms with Crippen LogP contribution in [0.3, 0.4) is 0 Å². The smallest absolute Gasteiger partial charge is 0.220 e. The van der Waals surface area contributed by atoms with Crippen LogP contribution in [0.25, 0.3) is 0 Å². The molecule has 1 amide bonds. The molecule has 0 atom stereocenters. The van der Waals surface area contributed by atoms with Crippen LogP contribution in [0, 0.1) is 12.3 Å². The van der Waals surface area contributed by atoms with Crippen LogP contribution in [0.15, 0.2) is 24.3 Å². The maximum atomic E-state index is 12.6. The lowest BCUT2D eigenvalue weighted by Crippen LogP contribution is -2.44. The molecule has 0 aromatic heterocycles. The van der Waals surface area contributed by atoms with Gasteiger partial charge < -0.3 is 5.32 Å². The van der Waals surface area contributed by atoms with Crippen LogP contribution in [0.5, 0.6) is 0 Å². The molecule has 2 heterocycles. The van der Waals surface area contributed by atoms with Crippen molar-refractivity contribution >= 4 is 15.9 Å². The van der Waals surface area contributed by atoms with Crippen LogP contribution in [-0.2, 0) is 20.6 Å². The highest BCUT2D eigenvalue weighted by atomic mass is 32.2. The number of benzene rings is 1. The molecule has 1 aromatic carbocycles. The quantitative estimate of drug-likeness (QED) is 0.915. The van der Waals surface area contributed by atoms with Gasteiger partial charge in [0, 0.05) is 26.1 Å². The molecule has 0 aliphatic carbocycles. The third-order valence-electron chi connectivity index (χ3n) is 4.97. The fourth-order valence-corrected chi connectivity index (χ4v) is 5.04. The highest BCUT2D eigenvalue weighted by Gasteiger charge is 2.42. The summed E-state index contributed by atoms with van der Waals surface area (Å²) in [6.07, 6.45) is 2.07. The Bertz CT molecular complexity index is 676. The van der Waals surface area contributed by atoms with Crippen molar-refractivity contribution in [2.24, 2.45) is 5.41 Å². The standard InChI is InChI=1S/C16H22N2O3S/c1-13-4-2-3-5-14(13)11-22(20,21)18-8-6-16(7-9-18)10-15(19)17-12-16/h2-5H,6-12H2,1H3,(H,17,19). The summed E-state index contributed by atoms with van der Waals surface area (Å²) < 4.78 is 26.8. The summed E-state index contributed by atoms with van der Waals surface area (Å²) in [5.41, 5.74) is 1.84. The molecule has 0 unspecified atom stereocenters. The molecular weight excluding hydrogens is 300 g/mol. The van der Waals surface area contributed by atoms with E-state index in [1.54, 1.807) is 4.31 Å². The van der Waals surface area contributed by atoms with Gasteiger partial charge in [0.2, 0.25) is 15.9 Å². The number of aryl methyl sites for hydroxylation is 1. The Morgan fingerprint density at radius 2 is 1.91 bits per heavy atom. The van der Waals surface area contributed by atoms with Crippen LogP contribution in [0.4, 0.5) is 0 Å². The van der Waals surface area contributed by atoms with Gasteiger partial charge in [0.15, 0.2) is 0 Å². The Morgan fingerprint density at radius 3 is 2.50 bits per heavy atom. The van der Waals surface area contributed by atoms with Crippen molar-refractivity contribution in [1.82, 2.24) is 9.62 Å². The molecule has 1 N–H and O–H groups in total. The van der Waals surface area contributed by atoms with Crippen molar-refractivity contribution < 1.29 is 13.2 Å². The van der Waals surface area contributed by atoms with Gasteiger partial charge in [-0.3, -0.25) is 4.79 Å². The van der Waals surface area contributed by atoms with Gasteiger partial charge in [-0.1, -0.05) is 24.3 Å². The second-order valence-electron chi connectivity index (χ2n) is 6.54. The minimum absolute atomic E-state index is 0.0221. The fraction of sp³-hybridized carbons (Fsp3) is 0.562. The zero-order chi connectivity index (χ0) is 15.8. The third-order valence-corrected chi connectivity index (χ3v) is 6.80. The van der Waals surface area contributed by atoms with E-state index in [-0.39, 0.29) is 17.1 Å². The molecule has 120 valence electrons. The number of carbonyl (C=O) groups excluding carboxylic acids is 1. The number of amides is 1. The first-order chi connectivity index (χ1) is 10.4. The Hall–Kier alpha value is -1.40. The Balaban J connectivity index is 1.67. The summed E-state index contributed by atoms with van der Waals surface area (Å²) in [6, 6.07) is 7.60. The van der Waals surface area contributed by atoms with Crippen molar-refractivity contribution in [2.45, 2.75) is 31.9 Å². The first-order valence-corrected chi connectivity index (χ1v) is 9.30. The van der Waals surface area contributed by atoms with Crippen LogP contribution in [-0.4, -0.2) is 38.3 Å². The van der Waals surface area contributed by atoms with Crippen LogP contribution in [0.2, 0.25) is 0 Å². The van der Waals surface area contributed by atoms with E-state index in [1.807, 2.05) is 31.2 Å². The number of hydrogen-bond donors (Lipinski definition) is 1. The molecule has 1 spiro atoms. The first kappa shape index (κ1) is 15.5. The number of piperidine rings is 1. The Kier molecular flexibility index (Phi) is 3.99. The molecular formula is C16H22N2O3S. The lowest BCUT2D eigenvalue weighted by molar-refractivity contribution is -0.119. The van der Waals surface area contributed by atoms with Crippen molar-refractivity contribution in [2.75, 3.05) is 19.6 Å². The van der Waals surface area contributed by atoms with Gasteiger partial charge in [-0.2, -0.15) is 0 Å². The van der Waals surface area contributed by atoms with Crippen molar-refractivity contribution in [3.8, 4) is 0 Å². The van der Waals surface area contributed by atoms with E-state index in [4.69, 9.17) is 0 Å². The van der Waals surface area contributed by atoms with Gasteiger partial charge in [0.1, 0.15) is 0 Å². The largest absolute Gasteiger partial charge is 0.356 e. The number of carbonyl (C=O) groups is 1. The predicted molar refractivity (Wildman–Crippen MR) is 84.7 cm³/mol. The normalized spacial score (nSPS) is 22.0. The van der Waals surface area contributed by atoms with E-state index in [9.17, 15) is 13.2 Å². The zero-order valence-corrected chi connectivity index (χ0v) is 13.7. The van der Waals surface area contributed by atoms with E-state index in [0.717, 1.165) is 24.0 Å². The first-order valence-electron chi connectivity index (χ1n) is 7.69. The van der Waals surface area contributed by atoms with Gasteiger partial charge in [-0.25, -0.2) is 12.7 Å². The summed E-state index contributed by atoms with van der Waals surface area (Å²) in [5, 5.41) is 2.87. The molecule has 2 aliphatic heterocycles. The summed E-state index contributed by atoms with van der Waals surface area (Å²) in [6.45, 7) is 3.66. The molecule has 22 heavy (non-hydrogen) atoms. The Labute approximate surface area is 131 Å². The Morgan fingerprint density at radius 1 is 1.23 bits per heavy atom. The van der Waals surface area contributed by atoms with E-state index < -0.39 is 10.0 Å². The van der Waals surface area contributed by atoms with E-state index in [1.165, 1.54) is 0 Å². The summed E-state index contributed by atoms with van der Waals surface area (Å²) >= 11 is 0. The van der Waals surface area contributed by atoms with Gasteiger partial charge in [-0.15, -0.1) is 0 Å². The number of rotatable bonds is 3. The number of nitrogens with one attached hydrogen (secondary N) is 1. The molecule has 0 radical (unpaired) electrons. The lowest BCUT2D eigenvalue weighted by Gasteiger charge is -2.37. The molecule has 0 bridgehead atoms. The highest BCUT2D eigenvalue weighted by molar-refractivity contribution is 7.88. The summed E-state index contributed by atoms with van der Waals surface area (Å²) in [5.74, 6) is 0.153. The zero-order valence-electron chi connectivity index (χ0n) is 12.8. The van der Waals surface area contributed by atoms with E-state index in [2.05, 4.69) is 5.32 Å². The monoisotopic (exact) mass is 322 g/mol. The minimum atomic E-state index is -3.29. The maximum absolute atomic E-state index is 12.6. The topological polar surface area (TPSA) is 66.5 Å². The van der Waals surface area contributed by atoms with Crippen LogP contribution >= 0.6 is 0 Å². The SMILES string of the molecule is Cc1ccccc1CS(=O)(=O)N1CCC2(CC1)CNC(=O)C2. The van der Waals surface area contributed by atoms with Crippen LogP contribution in [0.1, 0.15) is 30.4 Å². The van der Waals surface area contributed by atoms with Gasteiger partial charge in [0.05, 0.1) is 5.75 Å².